The SMILES string of the molecule is C[C@@H]1C[C@@H]1Nc1nc(CC(=O)O)cs1. The van der Waals surface area contributed by atoms with Gasteiger partial charge in [0.05, 0.1) is 12.1 Å². The molecule has 0 aliphatic heterocycles. The Hall–Kier alpha value is -1.10. The highest BCUT2D eigenvalue weighted by atomic mass is 32.1. The highest BCUT2D eigenvalue weighted by Gasteiger charge is 2.32. The van der Waals surface area contributed by atoms with Crippen molar-refractivity contribution in [2.24, 2.45) is 5.92 Å². The standard InChI is InChI=1S/C9H12N2O2S/c1-5-2-7(5)11-9-10-6(4-14-9)3-8(12)13/h4-5,7H,2-3H2,1H3,(H,10,11)(H,12,13)/t5-,7+/m1/s1. The van der Waals surface area contributed by atoms with Crippen molar-refractivity contribution in [3.05, 3.63) is 11.1 Å². The van der Waals surface area contributed by atoms with E-state index in [1.165, 1.54) is 17.8 Å². The van der Waals surface area contributed by atoms with Crippen LogP contribution in [0, 0.1) is 5.92 Å². The number of thiazole rings is 1. The molecule has 1 fully saturated rings. The number of nitrogens with zero attached hydrogens (tertiary/aromatic N) is 1. The van der Waals surface area contributed by atoms with Crippen LogP contribution >= 0.6 is 11.3 Å². The summed E-state index contributed by atoms with van der Waals surface area (Å²) in [5, 5.41) is 14.5. The Morgan fingerprint density at radius 2 is 2.57 bits per heavy atom. The topological polar surface area (TPSA) is 62.2 Å². The molecule has 2 rings (SSSR count). The van der Waals surface area contributed by atoms with Crippen LogP contribution < -0.4 is 5.32 Å². The Morgan fingerprint density at radius 3 is 3.14 bits per heavy atom. The number of carboxylic acids is 1. The van der Waals surface area contributed by atoms with Crippen molar-refractivity contribution < 1.29 is 9.90 Å². The largest absolute Gasteiger partial charge is 0.481 e. The van der Waals surface area contributed by atoms with Crippen LogP contribution in [0.5, 0.6) is 0 Å². The molecule has 4 nitrogen and oxygen atoms in total. The number of aromatic nitrogens is 1. The molecule has 1 aromatic rings. The summed E-state index contributed by atoms with van der Waals surface area (Å²) >= 11 is 1.48. The van der Waals surface area contributed by atoms with Crippen LogP contribution in [-0.2, 0) is 11.2 Å². The zero-order valence-corrected chi connectivity index (χ0v) is 8.67. The van der Waals surface area contributed by atoms with Gasteiger partial charge < -0.3 is 10.4 Å². The van der Waals surface area contributed by atoms with Gasteiger partial charge in [-0.15, -0.1) is 11.3 Å². The van der Waals surface area contributed by atoms with Crippen LogP contribution in [-0.4, -0.2) is 22.1 Å². The fourth-order valence-corrected chi connectivity index (χ4v) is 2.06. The molecule has 76 valence electrons. The van der Waals surface area contributed by atoms with E-state index in [1.54, 1.807) is 5.38 Å². The summed E-state index contributed by atoms with van der Waals surface area (Å²) in [5.41, 5.74) is 0.637. The van der Waals surface area contributed by atoms with Crippen molar-refractivity contribution in [3.8, 4) is 0 Å². The number of anilines is 1. The van der Waals surface area contributed by atoms with Crippen LogP contribution in [0.25, 0.3) is 0 Å². The molecule has 5 heteroatoms. The van der Waals surface area contributed by atoms with Gasteiger partial charge in [-0.2, -0.15) is 0 Å². The lowest BCUT2D eigenvalue weighted by atomic mass is 10.3. The Morgan fingerprint density at radius 1 is 1.86 bits per heavy atom. The molecule has 0 saturated heterocycles. The highest BCUT2D eigenvalue weighted by molar-refractivity contribution is 7.13. The second kappa shape index (κ2) is 3.57. The van der Waals surface area contributed by atoms with Crippen molar-refractivity contribution in [2.45, 2.75) is 25.8 Å². The van der Waals surface area contributed by atoms with E-state index in [2.05, 4.69) is 17.2 Å². The minimum Gasteiger partial charge on any atom is -0.481 e. The van der Waals surface area contributed by atoms with E-state index >= 15 is 0 Å². The van der Waals surface area contributed by atoms with Gasteiger partial charge in [0.2, 0.25) is 0 Å². The van der Waals surface area contributed by atoms with Crippen LogP contribution in [0.3, 0.4) is 0 Å². The van der Waals surface area contributed by atoms with Gasteiger partial charge >= 0.3 is 5.97 Å². The Bertz CT molecular complexity index is 350. The molecule has 2 N–H and O–H groups in total. The third-order valence-corrected chi connectivity index (χ3v) is 3.12. The van der Waals surface area contributed by atoms with Gasteiger partial charge in [-0.05, 0) is 12.3 Å². The zero-order chi connectivity index (χ0) is 10.1. The van der Waals surface area contributed by atoms with Gasteiger partial charge in [-0.3, -0.25) is 4.79 Å². The van der Waals surface area contributed by atoms with Gasteiger partial charge in [0.1, 0.15) is 0 Å². The molecule has 0 bridgehead atoms. The van der Waals surface area contributed by atoms with E-state index in [4.69, 9.17) is 5.11 Å². The Kier molecular flexibility index (Phi) is 2.41. The monoisotopic (exact) mass is 212 g/mol. The maximum Gasteiger partial charge on any atom is 0.309 e. The van der Waals surface area contributed by atoms with Gasteiger partial charge in [-0.1, -0.05) is 6.92 Å². The highest BCUT2D eigenvalue weighted by Crippen LogP contribution is 2.33. The minimum atomic E-state index is -0.832. The normalized spacial score (nSPS) is 24.6. The molecule has 0 aromatic carbocycles. The number of rotatable bonds is 4. The second-order valence-electron chi connectivity index (χ2n) is 3.68. The fraction of sp³-hybridized carbons (Fsp3) is 0.556. The molecular formula is C9H12N2O2S. The van der Waals surface area contributed by atoms with Crippen molar-refractivity contribution in [3.63, 3.8) is 0 Å². The molecule has 1 heterocycles. The van der Waals surface area contributed by atoms with Crippen LogP contribution in [0.4, 0.5) is 5.13 Å². The summed E-state index contributed by atoms with van der Waals surface area (Å²) in [7, 11) is 0. The molecule has 2 atom stereocenters. The van der Waals surface area contributed by atoms with E-state index in [9.17, 15) is 4.79 Å². The van der Waals surface area contributed by atoms with Gasteiger partial charge in [-0.25, -0.2) is 4.98 Å². The average Bonchev–Trinajstić information content (AvgIpc) is 2.60. The second-order valence-corrected chi connectivity index (χ2v) is 4.54. The third-order valence-electron chi connectivity index (χ3n) is 2.30. The molecular weight excluding hydrogens is 200 g/mol. The summed E-state index contributed by atoms with van der Waals surface area (Å²) in [6.07, 6.45) is 1.20. The van der Waals surface area contributed by atoms with Gasteiger partial charge in [0.25, 0.3) is 0 Å². The lowest BCUT2D eigenvalue weighted by molar-refractivity contribution is -0.136. The van der Waals surface area contributed by atoms with Crippen molar-refractivity contribution >= 4 is 22.4 Å². The quantitative estimate of drug-likeness (QED) is 0.795. The minimum absolute atomic E-state index is 0.0123. The van der Waals surface area contributed by atoms with Crippen LogP contribution in [0.2, 0.25) is 0 Å². The summed E-state index contributed by atoms with van der Waals surface area (Å²) in [5.74, 6) is -0.108. The number of nitrogens with one attached hydrogen (secondary N) is 1. The predicted molar refractivity (Wildman–Crippen MR) is 54.6 cm³/mol. The molecule has 1 aliphatic rings. The summed E-state index contributed by atoms with van der Waals surface area (Å²) in [4.78, 5) is 14.6. The molecule has 1 aromatic heterocycles. The molecule has 1 saturated carbocycles. The molecule has 0 unspecified atom stereocenters. The summed E-state index contributed by atoms with van der Waals surface area (Å²) < 4.78 is 0. The van der Waals surface area contributed by atoms with Crippen molar-refractivity contribution in [2.75, 3.05) is 5.32 Å². The van der Waals surface area contributed by atoms with Crippen molar-refractivity contribution in [1.29, 1.82) is 0 Å². The smallest absolute Gasteiger partial charge is 0.309 e. The predicted octanol–water partition coefficient (Wildman–Crippen LogP) is 1.59. The molecule has 1 aliphatic carbocycles. The lowest BCUT2D eigenvalue weighted by Crippen LogP contribution is -2.04. The summed E-state index contributed by atoms with van der Waals surface area (Å²) in [6.45, 7) is 2.18. The van der Waals surface area contributed by atoms with Gasteiger partial charge in [0, 0.05) is 11.4 Å². The Balaban J connectivity index is 1.92. The zero-order valence-electron chi connectivity index (χ0n) is 7.86. The van der Waals surface area contributed by atoms with Crippen LogP contribution in [0.1, 0.15) is 19.0 Å². The number of hydrogen-bond acceptors (Lipinski definition) is 4. The maximum absolute atomic E-state index is 10.4. The van der Waals surface area contributed by atoms with E-state index in [-0.39, 0.29) is 6.42 Å². The number of carbonyl (C=O) groups is 1. The Labute approximate surface area is 86.0 Å². The number of hydrogen-bond donors (Lipinski definition) is 2. The first-order valence-electron chi connectivity index (χ1n) is 4.58. The molecule has 14 heavy (non-hydrogen) atoms. The first-order valence-corrected chi connectivity index (χ1v) is 5.46. The fourth-order valence-electron chi connectivity index (χ4n) is 1.29. The number of aliphatic carboxylic acids is 1. The van der Waals surface area contributed by atoms with E-state index < -0.39 is 5.97 Å². The molecule has 0 amide bonds. The van der Waals surface area contributed by atoms with Crippen LogP contribution in [0.15, 0.2) is 5.38 Å². The average molecular weight is 212 g/mol. The van der Waals surface area contributed by atoms with E-state index in [1.807, 2.05) is 0 Å². The lowest BCUT2D eigenvalue weighted by Gasteiger charge is -1.97. The third kappa shape index (κ3) is 2.23. The molecule has 0 radical (unpaired) electrons. The first-order chi connectivity index (χ1) is 6.65. The maximum atomic E-state index is 10.4. The van der Waals surface area contributed by atoms with E-state index in [0.29, 0.717) is 11.7 Å². The molecule has 0 spiro atoms. The van der Waals surface area contributed by atoms with E-state index in [0.717, 1.165) is 11.0 Å². The van der Waals surface area contributed by atoms with Crippen molar-refractivity contribution in [1.82, 2.24) is 4.98 Å². The number of carboxylic acid groups (broad SMARTS) is 1. The van der Waals surface area contributed by atoms with Gasteiger partial charge in [0.15, 0.2) is 5.13 Å². The summed E-state index contributed by atoms with van der Waals surface area (Å²) in [6, 6.07) is 0.541. The first kappa shape index (κ1) is 9.45.